The second-order valence-corrected chi connectivity index (χ2v) is 3.60. The molecule has 0 saturated carbocycles. The Hall–Kier alpha value is -2.90. The van der Waals surface area contributed by atoms with Crippen molar-refractivity contribution in [2.75, 3.05) is 6.61 Å². The van der Waals surface area contributed by atoms with Gasteiger partial charge in [-0.2, -0.15) is 0 Å². The molecular formula is C17H16O4. The summed E-state index contributed by atoms with van der Waals surface area (Å²) in [5.74, 6) is 14.7. The third-order valence-electron chi connectivity index (χ3n) is 1.74. The van der Waals surface area contributed by atoms with Crippen LogP contribution >= 0.6 is 0 Å². The van der Waals surface area contributed by atoms with E-state index in [4.69, 9.17) is 9.47 Å². The highest BCUT2D eigenvalue weighted by atomic mass is 16.6. The standard InChI is InChI=1S/C17H16O4/c1-4-5-6-7-8-9-10-11-12-13-17(21-16(3)19)14-20-15(2)18/h4-5,12-13,17H,14H2,1-3H3. The number of hydrogen-bond acceptors (Lipinski definition) is 4. The van der Waals surface area contributed by atoms with Gasteiger partial charge in [-0.1, -0.05) is 17.9 Å². The van der Waals surface area contributed by atoms with E-state index >= 15 is 0 Å². The number of rotatable bonds is 4. The average molecular weight is 284 g/mol. The van der Waals surface area contributed by atoms with Crippen molar-refractivity contribution in [1.82, 2.24) is 0 Å². The summed E-state index contributed by atoms with van der Waals surface area (Å²) < 4.78 is 9.71. The van der Waals surface area contributed by atoms with Gasteiger partial charge in [-0.05, 0) is 48.8 Å². The van der Waals surface area contributed by atoms with Gasteiger partial charge in [0.15, 0.2) is 6.10 Å². The topological polar surface area (TPSA) is 52.6 Å². The maximum absolute atomic E-state index is 10.9. The molecule has 4 heteroatoms. The van der Waals surface area contributed by atoms with Gasteiger partial charge < -0.3 is 9.47 Å². The quantitative estimate of drug-likeness (QED) is 0.581. The van der Waals surface area contributed by atoms with Gasteiger partial charge in [0.1, 0.15) is 6.61 Å². The Labute approximate surface area is 125 Å². The molecule has 0 aliphatic carbocycles. The Balaban J connectivity index is 4.47. The minimum absolute atomic E-state index is 0.0480. The van der Waals surface area contributed by atoms with Gasteiger partial charge in [0.25, 0.3) is 0 Å². The molecular weight excluding hydrogens is 268 g/mol. The molecule has 1 atom stereocenters. The molecule has 0 aromatic rings. The first-order valence-corrected chi connectivity index (χ1v) is 6.15. The molecule has 1 unspecified atom stereocenters. The number of esters is 2. The van der Waals surface area contributed by atoms with Crippen molar-refractivity contribution in [2.45, 2.75) is 26.9 Å². The fraction of sp³-hybridized carbons (Fsp3) is 0.294. The first-order valence-electron chi connectivity index (χ1n) is 6.15. The molecule has 0 saturated heterocycles. The Morgan fingerprint density at radius 3 is 2.14 bits per heavy atom. The van der Waals surface area contributed by atoms with Crippen molar-refractivity contribution in [1.29, 1.82) is 0 Å². The third-order valence-corrected chi connectivity index (χ3v) is 1.74. The van der Waals surface area contributed by atoms with Crippen molar-refractivity contribution in [3.05, 3.63) is 24.3 Å². The van der Waals surface area contributed by atoms with Gasteiger partial charge >= 0.3 is 11.9 Å². The van der Waals surface area contributed by atoms with E-state index in [9.17, 15) is 9.59 Å². The minimum Gasteiger partial charge on any atom is -0.462 e. The monoisotopic (exact) mass is 284 g/mol. The van der Waals surface area contributed by atoms with Crippen molar-refractivity contribution in [2.24, 2.45) is 0 Å². The van der Waals surface area contributed by atoms with Crippen LogP contribution in [0.25, 0.3) is 0 Å². The van der Waals surface area contributed by atoms with Crippen LogP contribution in [-0.4, -0.2) is 24.6 Å². The summed E-state index contributed by atoms with van der Waals surface area (Å²) in [6, 6.07) is 0. The van der Waals surface area contributed by atoms with E-state index in [2.05, 4.69) is 35.5 Å². The fourth-order valence-corrected chi connectivity index (χ4v) is 0.998. The molecule has 4 nitrogen and oxygen atoms in total. The maximum Gasteiger partial charge on any atom is 0.303 e. The number of carbonyl (C=O) groups is 2. The lowest BCUT2D eigenvalue weighted by atomic mass is 10.3. The van der Waals surface area contributed by atoms with Crippen LogP contribution in [0.15, 0.2) is 24.3 Å². The normalized spacial score (nSPS) is 10.4. The molecule has 21 heavy (non-hydrogen) atoms. The smallest absolute Gasteiger partial charge is 0.303 e. The summed E-state index contributed by atoms with van der Waals surface area (Å²) in [6.45, 7) is 4.36. The van der Waals surface area contributed by atoms with Crippen LogP contribution in [0.1, 0.15) is 20.8 Å². The van der Waals surface area contributed by atoms with E-state index in [0.717, 1.165) is 0 Å². The molecule has 0 aromatic heterocycles. The van der Waals surface area contributed by atoms with Gasteiger partial charge in [0.2, 0.25) is 0 Å². The first-order chi connectivity index (χ1) is 10.1. The number of carbonyl (C=O) groups excluding carboxylic acids is 2. The Bertz CT molecular complexity index is 592. The number of ether oxygens (including phenoxy) is 2. The zero-order valence-electron chi connectivity index (χ0n) is 12.2. The van der Waals surface area contributed by atoms with E-state index in [-0.39, 0.29) is 6.61 Å². The highest BCUT2D eigenvalue weighted by Crippen LogP contribution is 1.97. The predicted octanol–water partition coefficient (Wildman–Crippen LogP) is 1.62. The molecule has 108 valence electrons. The van der Waals surface area contributed by atoms with Crippen LogP contribution < -0.4 is 0 Å². The van der Waals surface area contributed by atoms with Crippen molar-refractivity contribution < 1.29 is 19.1 Å². The van der Waals surface area contributed by atoms with E-state index in [1.54, 1.807) is 12.2 Å². The van der Waals surface area contributed by atoms with Crippen LogP contribution in [0, 0.1) is 35.5 Å². The van der Waals surface area contributed by atoms with Gasteiger partial charge in [-0.3, -0.25) is 9.59 Å². The van der Waals surface area contributed by atoms with Crippen LogP contribution in [0.2, 0.25) is 0 Å². The fourth-order valence-electron chi connectivity index (χ4n) is 0.998. The van der Waals surface area contributed by atoms with E-state index in [1.807, 2.05) is 6.92 Å². The van der Waals surface area contributed by atoms with Gasteiger partial charge in [0.05, 0.1) is 0 Å². The van der Waals surface area contributed by atoms with Gasteiger partial charge in [0, 0.05) is 13.8 Å². The first kappa shape index (κ1) is 18.1. The Morgan fingerprint density at radius 2 is 1.62 bits per heavy atom. The summed E-state index contributed by atoms with van der Waals surface area (Å²) >= 11 is 0. The molecule has 0 heterocycles. The second kappa shape index (κ2) is 12.2. The zero-order chi connectivity index (χ0) is 15.9. The van der Waals surface area contributed by atoms with Gasteiger partial charge in [-0.15, -0.1) is 0 Å². The molecule has 0 aliphatic heterocycles. The highest BCUT2D eigenvalue weighted by Gasteiger charge is 2.09. The maximum atomic E-state index is 10.9. The Kier molecular flexibility index (Phi) is 10.5. The van der Waals surface area contributed by atoms with Crippen LogP contribution in [-0.2, 0) is 19.1 Å². The van der Waals surface area contributed by atoms with Crippen LogP contribution in [0.5, 0.6) is 0 Å². The molecule has 0 amide bonds. The molecule has 0 radical (unpaired) electrons. The van der Waals surface area contributed by atoms with E-state index < -0.39 is 18.0 Å². The van der Waals surface area contributed by atoms with Crippen molar-refractivity contribution in [3.8, 4) is 35.5 Å². The molecule has 0 rings (SSSR count). The molecule has 0 fully saturated rings. The lowest BCUT2D eigenvalue weighted by Gasteiger charge is -2.11. The highest BCUT2D eigenvalue weighted by molar-refractivity contribution is 5.67. The number of hydrogen-bond donors (Lipinski definition) is 0. The minimum atomic E-state index is -0.664. The summed E-state index contributed by atoms with van der Waals surface area (Å²) in [7, 11) is 0. The summed E-state index contributed by atoms with van der Waals surface area (Å²) in [5.41, 5.74) is 0. The number of allylic oxidation sites excluding steroid dienone is 3. The summed E-state index contributed by atoms with van der Waals surface area (Å²) in [5, 5.41) is 0. The lowest BCUT2D eigenvalue weighted by Crippen LogP contribution is -2.21. The molecule has 0 N–H and O–H groups in total. The average Bonchev–Trinajstić information content (AvgIpc) is 2.42. The van der Waals surface area contributed by atoms with Crippen LogP contribution in [0.4, 0.5) is 0 Å². The van der Waals surface area contributed by atoms with E-state index in [1.165, 1.54) is 26.0 Å². The largest absolute Gasteiger partial charge is 0.462 e. The Morgan fingerprint density at radius 1 is 1.00 bits per heavy atom. The summed E-state index contributed by atoms with van der Waals surface area (Å²) in [6.07, 6.45) is 5.82. The predicted molar refractivity (Wildman–Crippen MR) is 79.5 cm³/mol. The molecule has 0 aromatic carbocycles. The third kappa shape index (κ3) is 13.3. The molecule has 0 aliphatic rings. The second-order valence-electron chi connectivity index (χ2n) is 3.60. The zero-order valence-corrected chi connectivity index (χ0v) is 12.2. The van der Waals surface area contributed by atoms with Crippen molar-refractivity contribution >= 4 is 11.9 Å². The lowest BCUT2D eigenvalue weighted by molar-refractivity contribution is -0.153. The SMILES string of the molecule is CC=CC#CC#CC#CC=CC(COC(C)=O)OC(C)=O. The summed E-state index contributed by atoms with van der Waals surface area (Å²) in [4.78, 5) is 21.6. The molecule has 0 spiro atoms. The van der Waals surface area contributed by atoms with E-state index in [0.29, 0.717) is 0 Å². The van der Waals surface area contributed by atoms with Crippen LogP contribution in [0.3, 0.4) is 0 Å². The van der Waals surface area contributed by atoms with Gasteiger partial charge in [-0.25, -0.2) is 0 Å². The van der Waals surface area contributed by atoms with Crippen molar-refractivity contribution in [3.63, 3.8) is 0 Å². The molecule has 0 bridgehead atoms.